The van der Waals surface area contributed by atoms with Gasteiger partial charge in [-0.15, -0.1) is 24.0 Å². The maximum atomic E-state index is 12.1. The number of amides is 2. The molecule has 3 N–H and O–H groups in total. The van der Waals surface area contributed by atoms with Crippen molar-refractivity contribution >= 4 is 42.1 Å². The lowest BCUT2D eigenvalue weighted by Crippen LogP contribution is -2.51. The van der Waals surface area contributed by atoms with Crippen LogP contribution >= 0.6 is 24.0 Å². The minimum absolute atomic E-state index is 0. The predicted octanol–water partition coefficient (Wildman–Crippen LogP) is 2.24. The number of alkyl carbamates (subject to hydrolysis) is 1. The molecule has 0 radical (unpaired) electrons. The third-order valence-corrected chi connectivity index (χ3v) is 4.28. The van der Waals surface area contributed by atoms with E-state index in [-0.39, 0.29) is 30.1 Å². The van der Waals surface area contributed by atoms with Crippen molar-refractivity contribution in [2.24, 2.45) is 4.99 Å². The molecule has 0 spiro atoms. The fourth-order valence-electron chi connectivity index (χ4n) is 2.83. The molecule has 1 saturated heterocycles. The second kappa shape index (κ2) is 14.6. The van der Waals surface area contributed by atoms with Crippen molar-refractivity contribution in [2.45, 2.75) is 59.2 Å². The molecule has 0 aromatic heterocycles. The normalized spacial score (nSPS) is 15.5. The summed E-state index contributed by atoms with van der Waals surface area (Å²) in [7, 11) is 1.73. The van der Waals surface area contributed by atoms with Gasteiger partial charge in [0.1, 0.15) is 11.2 Å². The Morgan fingerprint density at radius 1 is 0.844 bits per heavy atom. The number of carbonyl (C=O) groups is 2. The highest BCUT2D eigenvalue weighted by atomic mass is 127. The average Bonchev–Trinajstić information content (AvgIpc) is 2.64. The molecule has 1 fully saturated rings. The Balaban J connectivity index is 0.00000961. The number of ether oxygens (including phenoxy) is 2. The van der Waals surface area contributed by atoms with E-state index in [2.05, 4.69) is 25.8 Å². The van der Waals surface area contributed by atoms with E-state index >= 15 is 0 Å². The van der Waals surface area contributed by atoms with E-state index in [1.165, 1.54) is 0 Å². The first-order chi connectivity index (χ1) is 14.4. The Kier molecular flexibility index (Phi) is 13.9. The molecule has 0 unspecified atom stereocenters. The van der Waals surface area contributed by atoms with Crippen molar-refractivity contribution in [1.82, 2.24) is 25.8 Å². The molecule has 1 heterocycles. The summed E-state index contributed by atoms with van der Waals surface area (Å²) < 4.78 is 10.6. The largest absolute Gasteiger partial charge is 0.444 e. The van der Waals surface area contributed by atoms with Crippen LogP contribution in [0.4, 0.5) is 9.59 Å². The van der Waals surface area contributed by atoms with Crippen LogP contribution in [0, 0.1) is 0 Å². The summed E-state index contributed by atoms with van der Waals surface area (Å²) >= 11 is 0. The predicted molar refractivity (Wildman–Crippen MR) is 138 cm³/mol. The van der Waals surface area contributed by atoms with E-state index in [0.29, 0.717) is 26.2 Å². The second-order valence-electron chi connectivity index (χ2n) is 9.52. The molecule has 0 saturated carbocycles. The number of nitrogens with one attached hydrogen (secondary N) is 3. The van der Waals surface area contributed by atoms with Gasteiger partial charge in [0, 0.05) is 59.4 Å². The molecule has 32 heavy (non-hydrogen) atoms. The topological polar surface area (TPSA) is 108 Å². The average molecular weight is 571 g/mol. The maximum absolute atomic E-state index is 12.1. The van der Waals surface area contributed by atoms with Crippen LogP contribution in [0.2, 0.25) is 0 Å². The number of halogens is 1. The van der Waals surface area contributed by atoms with E-state index in [1.807, 2.05) is 41.5 Å². The number of nitrogens with zero attached hydrogens (tertiary/aromatic N) is 3. The molecular formula is C21H43IN6O4. The molecule has 2 amide bonds. The molecule has 0 aliphatic carbocycles. The molecule has 1 aliphatic heterocycles. The number of aliphatic imine (C=N–C) groups is 1. The summed E-state index contributed by atoms with van der Waals surface area (Å²) in [5, 5.41) is 9.26. The number of hydrogen-bond donors (Lipinski definition) is 3. The molecule has 1 aliphatic rings. The van der Waals surface area contributed by atoms with Gasteiger partial charge in [-0.25, -0.2) is 9.59 Å². The van der Waals surface area contributed by atoms with Crippen LogP contribution in [0.1, 0.15) is 48.0 Å². The van der Waals surface area contributed by atoms with Gasteiger partial charge < -0.3 is 30.3 Å². The Labute approximate surface area is 210 Å². The van der Waals surface area contributed by atoms with Gasteiger partial charge in [-0.3, -0.25) is 9.89 Å². The Morgan fingerprint density at radius 3 is 1.91 bits per heavy atom. The highest BCUT2D eigenvalue weighted by Crippen LogP contribution is 2.11. The number of piperazine rings is 1. The van der Waals surface area contributed by atoms with Gasteiger partial charge >= 0.3 is 12.2 Å². The lowest BCUT2D eigenvalue weighted by atomic mass is 10.2. The van der Waals surface area contributed by atoms with Crippen LogP contribution < -0.4 is 16.0 Å². The van der Waals surface area contributed by atoms with Crippen LogP contribution in [-0.2, 0) is 9.47 Å². The Morgan fingerprint density at radius 2 is 1.38 bits per heavy atom. The highest BCUT2D eigenvalue weighted by molar-refractivity contribution is 14.0. The lowest BCUT2D eigenvalue weighted by molar-refractivity contribution is 0.0147. The smallest absolute Gasteiger partial charge is 0.410 e. The quantitative estimate of drug-likeness (QED) is 0.187. The number of guanidine groups is 1. The number of carbonyl (C=O) groups excluding carboxylic acids is 2. The van der Waals surface area contributed by atoms with E-state index in [9.17, 15) is 9.59 Å². The summed E-state index contributed by atoms with van der Waals surface area (Å²) in [6, 6.07) is 0. The summed E-state index contributed by atoms with van der Waals surface area (Å²) in [5.74, 6) is 0.727. The van der Waals surface area contributed by atoms with Crippen molar-refractivity contribution in [3.63, 3.8) is 0 Å². The van der Waals surface area contributed by atoms with E-state index in [4.69, 9.17) is 9.47 Å². The van der Waals surface area contributed by atoms with Crippen molar-refractivity contribution in [2.75, 3.05) is 59.4 Å². The third kappa shape index (κ3) is 14.5. The van der Waals surface area contributed by atoms with Crippen molar-refractivity contribution in [1.29, 1.82) is 0 Å². The molecule has 0 bridgehead atoms. The minimum Gasteiger partial charge on any atom is -0.444 e. The first-order valence-electron chi connectivity index (χ1n) is 11.0. The van der Waals surface area contributed by atoms with Gasteiger partial charge in [-0.05, 0) is 48.0 Å². The van der Waals surface area contributed by atoms with Crippen LogP contribution in [0.3, 0.4) is 0 Å². The summed E-state index contributed by atoms with van der Waals surface area (Å²) in [6.45, 7) is 17.0. The highest BCUT2D eigenvalue weighted by Gasteiger charge is 2.25. The van der Waals surface area contributed by atoms with Gasteiger partial charge in [0.15, 0.2) is 5.96 Å². The Bertz CT molecular complexity index is 596. The zero-order valence-electron chi connectivity index (χ0n) is 20.7. The van der Waals surface area contributed by atoms with Crippen LogP contribution in [0.15, 0.2) is 4.99 Å². The summed E-state index contributed by atoms with van der Waals surface area (Å²) in [4.78, 5) is 32.0. The van der Waals surface area contributed by atoms with E-state index in [0.717, 1.165) is 38.6 Å². The van der Waals surface area contributed by atoms with Crippen molar-refractivity contribution in [3.05, 3.63) is 0 Å². The SMILES string of the molecule is CN=C(NCCCNC(=O)OC(C)(C)C)NCCN1CCN(C(=O)OC(C)(C)C)CC1.I. The minimum atomic E-state index is -0.489. The molecule has 0 atom stereocenters. The fourth-order valence-corrected chi connectivity index (χ4v) is 2.83. The van der Waals surface area contributed by atoms with Gasteiger partial charge in [0.2, 0.25) is 0 Å². The summed E-state index contributed by atoms with van der Waals surface area (Å²) in [5.41, 5.74) is -0.955. The van der Waals surface area contributed by atoms with Crippen LogP contribution in [0.5, 0.6) is 0 Å². The zero-order chi connectivity index (χ0) is 23.5. The Hall–Kier alpha value is -1.50. The third-order valence-electron chi connectivity index (χ3n) is 4.28. The maximum Gasteiger partial charge on any atom is 0.410 e. The van der Waals surface area contributed by atoms with E-state index < -0.39 is 17.3 Å². The molecule has 188 valence electrons. The number of hydrogen-bond acceptors (Lipinski definition) is 6. The molecule has 11 heteroatoms. The summed E-state index contributed by atoms with van der Waals surface area (Å²) in [6.07, 6.45) is 0.116. The van der Waals surface area contributed by atoms with Crippen molar-refractivity contribution in [3.8, 4) is 0 Å². The van der Waals surface area contributed by atoms with Gasteiger partial charge in [-0.2, -0.15) is 0 Å². The molecule has 1 rings (SSSR count). The lowest BCUT2D eigenvalue weighted by Gasteiger charge is -2.35. The fraction of sp³-hybridized carbons (Fsp3) is 0.857. The molecule has 10 nitrogen and oxygen atoms in total. The van der Waals surface area contributed by atoms with E-state index in [1.54, 1.807) is 11.9 Å². The molecule has 0 aromatic rings. The second-order valence-corrected chi connectivity index (χ2v) is 9.52. The van der Waals surface area contributed by atoms with Gasteiger partial charge in [-0.1, -0.05) is 0 Å². The standard InChI is InChI=1S/C21H42N6O4.HI/c1-20(2,3)30-18(28)25-10-8-9-23-17(22-7)24-11-12-26-13-15-27(16-14-26)19(29)31-21(4,5)6;/h8-16H2,1-7H3,(H,25,28)(H2,22,23,24);1H. The first kappa shape index (κ1) is 30.5. The van der Waals surface area contributed by atoms with Crippen molar-refractivity contribution < 1.29 is 19.1 Å². The van der Waals surface area contributed by atoms with Crippen LogP contribution in [-0.4, -0.2) is 98.6 Å². The van der Waals surface area contributed by atoms with Gasteiger partial charge in [0.25, 0.3) is 0 Å². The molecular weight excluding hydrogens is 527 g/mol. The van der Waals surface area contributed by atoms with Gasteiger partial charge in [0.05, 0.1) is 0 Å². The van der Waals surface area contributed by atoms with Crippen LogP contribution in [0.25, 0.3) is 0 Å². The molecule has 0 aromatic carbocycles. The zero-order valence-corrected chi connectivity index (χ0v) is 23.1. The monoisotopic (exact) mass is 570 g/mol. The first-order valence-corrected chi connectivity index (χ1v) is 11.0. The number of rotatable bonds is 7.